The molecule has 1 aliphatic heterocycles. The molecule has 14 heteroatoms. The highest BCUT2D eigenvalue weighted by Crippen LogP contribution is 2.10. The van der Waals surface area contributed by atoms with Crippen molar-refractivity contribution in [1.82, 2.24) is 5.32 Å². The third kappa shape index (κ3) is 22.0. The van der Waals surface area contributed by atoms with E-state index in [1.54, 1.807) is 18.2 Å². The van der Waals surface area contributed by atoms with Crippen molar-refractivity contribution in [2.75, 3.05) is 132 Å². The summed E-state index contributed by atoms with van der Waals surface area (Å²) in [7, 11) is -3.75. The van der Waals surface area contributed by atoms with E-state index in [1.807, 2.05) is 0 Å². The van der Waals surface area contributed by atoms with Gasteiger partial charge in [-0.25, -0.2) is 0 Å². The number of ether oxygens (including phenoxy) is 9. The number of hydrogen-bond acceptors (Lipinski definition) is 13. The summed E-state index contributed by atoms with van der Waals surface area (Å²) in [6, 6.07) is 7.99. The maximum absolute atomic E-state index is 12.0. The smallest absolute Gasteiger partial charge is 0.297 e. The standard InChI is InChI=1S/C29H51NO12S/c31-43(32,29-4-2-1-3-5-29)42-27-25-40-23-21-38-19-17-36-15-13-34-11-10-33-12-14-35-16-18-37-20-22-39-24-26-41-28-6-8-30-9-7-28/h1-5,28,30H,6-27H2. The zero-order chi connectivity index (χ0) is 30.5. The third-order valence-electron chi connectivity index (χ3n) is 5.97. The number of rotatable bonds is 30. The van der Waals surface area contributed by atoms with Gasteiger partial charge in [-0.1, -0.05) is 18.2 Å². The summed E-state index contributed by atoms with van der Waals surface area (Å²) in [6.07, 6.45) is 2.51. The van der Waals surface area contributed by atoms with Gasteiger partial charge in [0.25, 0.3) is 10.1 Å². The Bertz CT molecular complexity index is 843. The van der Waals surface area contributed by atoms with Gasteiger partial charge < -0.3 is 47.9 Å². The molecule has 1 fully saturated rings. The Morgan fingerprint density at radius 2 is 0.860 bits per heavy atom. The van der Waals surface area contributed by atoms with Crippen LogP contribution in [0.4, 0.5) is 0 Å². The van der Waals surface area contributed by atoms with Gasteiger partial charge in [-0.15, -0.1) is 0 Å². The van der Waals surface area contributed by atoms with E-state index in [0.29, 0.717) is 112 Å². The van der Waals surface area contributed by atoms with E-state index in [4.69, 9.17) is 46.8 Å². The molecule has 0 aromatic heterocycles. The molecule has 0 saturated carbocycles. The zero-order valence-corrected chi connectivity index (χ0v) is 26.1. The van der Waals surface area contributed by atoms with Crippen LogP contribution in [0.3, 0.4) is 0 Å². The van der Waals surface area contributed by atoms with Crippen molar-refractivity contribution in [3.63, 3.8) is 0 Å². The first-order chi connectivity index (χ1) is 21.2. The van der Waals surface area contributed by atoms with Crippen molar-refractivity contribution >= 4 is 10.1 Å². The monoisotopic (exact) mass is 637 g/mol. The number of nitrogens with one attached hydrogen (secondary N) is 1. The van der Waals surface area contributed by atoms with Gasteiger partial charge >= 0.3 is 0 Å². The van der Waals surface area contributed by atoms with Gasteiger partial charge in [-0.3, -0.25) is 4.18 Å². The Balaban J connectivity index is 1.18. The average Bonchev–Trinajstić information content (AvgIpc) is 3.03. The van der Waals surface area contributed by atoms with Crippen LogP contribution in [0, 0.1) is 0 Å². The summed E-state index contributed by atoms with van der Waals surface area (Å²) in [6.45, 7) is 10.0. The summed E-state index contributed by atoms with van der Waals surface area (Å²) in [5.74, 6) is 0. The molecular formula is C29H51NO12S. The lowest BCUT2D eigenvalue weighted by molar-refractivity contribution is -0.0319. The fourth-order valence-corrected chi connectivity index (χ4v) is 4.65. The maximum Gasteiger partial charge on any atom is 0.297 e. The van der Waals surface area contributed by atoms with E-state index in [9.17, 15) is 8.42 Å². The summed E-state index contributed by atoms with van der Waals surface area (Å²) < 4.78 is 78.2. The Morgan fingerprint density at radius 3 is 1.26 bits per heavy atom. The van der Waals surface area contributed by atoms with Crippen molar-refractivity contribution in [2.45, 2.75) is 23.8 Å². The Morgan fingerprint density at radius 1 is 0.512 bits per heavy atom. The SMILES string of the molecule is O=S(=O)(OCCOCCOCCOCCOCCOCCOCCOCCOCCOC1CCNCC1)c1ccccc1. The number of hydrogen-bond donors (Lipinski definition) is 1. The number of piperidine rings is 1. The van der Waals surface area contributed by atoms with E-state index >= 15 is 0 Å². The van der Waals surface area contributed by atoms with Gasteiger partial charge in [0.05, 0.1) is 130 Å². The fraction of sp³-hybridized carbons (Fsp3) is 0.793. The molecule has 0 amide bonds. The molecule has 1 saturated heterocycles. The largest absolute Gasteiger partial charge is 0.377 e. The van der Waals surface area contributed by atoms with Crippen LogP contribution in [-0.4, -0.2) is 147 Å². The average molecular weight is 638 g/mol. The molecular weight excluding hydrogens is 586 g/mol. The lowest BCUT2D eigenvalue weighted by Crippen LogP contribution is -2.33. The normalized spacial score (nSPS) is 14.4. The Labute approximate surface area is 256 Å². The molecule has 0 radical (unpaired) electrons. The molecule has 1 aromatic carbocycles. The van der Waals surface area contributed by atoms with Crippen LogP contribution in [0.1, 0.15) is 12.8 Å². The highest BCUT2D eigenvalue weighted by molar-refractivity contribution is 7.86. The molecule has 0 spiro atoms. The molecule has 1 aliphatic rings. The number of benzene rings is 1. The minimum absolute atomic E-state index is 0.0541. The van der Waals surface area contributed by atoms with Gasteiger partial charge in [0.2, 0.25) is 0 Å². The zero-order valence-electron chi connectivity index (χ0n) is 25.3. The molecule has 1 N–H and O–H groups in total. The van der Waals surface area contributed by atoms with Gasteiger partial charge in [0.1, 0.15) is 0 Å². The topological polar surface area (TPSA) is 138 Å². The van der Waals surface area contributed by atoms with Crippen LogP contribution in [0.5, 0.6) is 0 Å². The molecule has 1 aromatic rings. The van der Waals surface area contributed by atoms with Crippen LogP contribution in [0.2, 0.25) is 0 Å². The third-order valence-corrected chi connectivity index (χ3v) is 7.30. The molecule has 0 aliphatic carbocycles. The lowest BCUT2D eigenvalue weighted by Gasteiger charge is -2.22. The highest BCUT2D eigenvalue weighted by Gasteiger charge is 2.14. The summed E-state index contributed by atoms with van der Waals surface area (Å²) in [5.41, 5.74) is 0. The van der Waals surface area contributed by atoms with Crippen LogP contribution < -0.4 is 5.32 Å². The van der Waals surface area contributed by atoms with Crippen LogP contribution in [0.25, 0.3) is 0 Å². The molecule has 43 heavy (non-hydrogen) atoms. The van der Waals surface area contributed by atoms with Crippen molar-refractivity contribution in [1.29, 1.82) is 0 Å². The fourth-order valence-electron chi connectivity index (χ4n) is 3.74. The van der Waals surface area contributed by atoms with E-state index in [0.717, 1.165) is 25.9 Å². The van der Waals surface area contributed by atoms with E-state index in [2.05, 4.69) is 5.32 Å². The van der Waals surface area contributed by atoms with Crippen LogP contribution in [0.15, 0.2) is 35.2 Å². The minimum atomic E-state index is -3.75. The first-order valence-electron chi connectivity index (χ1n) is 15.1. The molecule has 250 valence electrons. The van der Waals surface area contributed by atoms with E-state index in [1.165, 1.54) is 12.1 Å². The molecule has 13 nitrogen and oxygen atoms in total. The predicted molar refractivity (Wildman–Crippen MR) is 158 cm³/mol. The molecule has 0 unspecified atom stereocenters. The van der Waals surface area contributed by atoms with E-state index in [-0.39, 0.29) is 18.1 Å². The van der Waals surface area contributed by atoms with Crippen LogP contribution >= 0.6 is 0 Å². The van der Waals surface area contributed by atoms with Crippen molar-refractivity contribution in [2.24, 2.45) is 0 Å². The maximum atomic E-state index is 12.0. The summed E-state index contributed by atoms with van der Waals surface area (Å²) in [4.78, 5) is 0.124. The van der Waals surface area contributed by atoms with Gasteiger partial charge in [0, 0.05) is 0 Å². The van der Waals surface area contributed by atoms with Crippen molar-refractivity contribution in [3.8, 4) is 0 Å². The van der Waals surface area contributed by atoms with Crippen molar-refractivity contribution < 1.29 is 55.2 Å². The quantitative estimate of drug-likeness (QED) is 0.0959. The second-order valence-electron chi connectivity index (χ2n) is 9.31. The molecule has 1 heterocycles. The Hall–Kier alpha value is -1.27. The lowest BCUT2D eigenvalue weighted by atomic mass is 10.1. The van der Waals surface area contributed by atoms with Gasteiger partial charge in [-0.2, -0.15) is 8.42 Å². The van der Waals surface area contributed by atoms with Gasteiger partial charge in [0.15, 0.2) is 0 Å². The van der Waals surface area contributed by atoms with E-state index < -0.39 is 10.1 Å². The summed E-state index contributed by atoms with van der Waals surface area (Å²) >= 11 is 0. The molecule has 0 bridgehead atoms. The second kappa shape index (κ2) is 27.1. The van der Waals surface area contributed by atoms with Crippen LogP contribution in [-0.2, 0) is 56.9 Å². The second-order valence-corrected chi connectivity index (χ2v) is 10.9. The Kier molecular flexibility index (Phi) is 23.9. The molecule has 2 rings (SSSR count). The minimum Gasteiger partial charge on any atom is -0.377 e. The summed E-state index contributed by atoms with van der Waals surface area (Å²) in [5, 5.41) is 3.32. The first kappa shape index (κ1) is 37.9. The highest BCUT2D eigenvalue weighted by atomic mass is 32.2. The predicted octanol–water partition coefficient (Wildman–Crippen LogP) is 1.29. The first-order valence-corrected chi connectivity index (χ1v) is 16.5. The van der Waals surface area contributed by atoms with Gasteiger partial charge in [-0.05, 0) is 38.1 Å². The molecule has 0 atom stereocenters. The van der Waals surface area contributed by atoms with Crippen molar-refractivity contribution in [3.05, 3.63) is 30.3 Å².